The Labute approximate surface area is 139 Å². The van der Waals surface area contributed by atoms with Crippen LogP contribution in [0.2, 0.25) is 0 Å². The predicted molar refractivity (Wildman–Crippen MR) is 85.4 cm³/mol. The molecule has 0 saturated carbocycles. The maximum atomic E-state index is 12.6. The van der Waals surface area contributed by atoms with Crippen LogP contribution in [0.1, 0.15) is 65.6 Å². The fourth-order valence-electron chi connectivity index (χ4n) is 2.80. The third-order valence-corrected chi connectivity index (χ3v) is 4.96. The van der Waals surface area contributed by atoms with Crippen molar-refractivity contribution in [2.24, 2.45) is 0 Å². The Morgan fingerprint density at radius 2 is 2.35 bits per heavy atom. The van der Waals surface area contributed by atoms with Crippen LogP contribution in [-0.4, -0.2) is 43.6 Å². The van der Waals surface area contributed by atoms with E-state index in [1.807, 2.05) is 11.8 Å². The summed E-state index contributed by atoms with van der Waals surface area (Å²) in [6.45, 7) is 5.33. The molecule has 8 heteroatoms. The van der Waals surface area contributed by atoms with Crippen molar-refractivity contribution < 1.29 is 9.32 Å². The van der Waals surface area contributed by atoms with Crippen LogP contribution in [-0.2, 0) is 6.42 Å². The minimum atomic E-state index is 0.00733. The van der Waals surface area contributed by atoms with Crippen molar-refractivity contribution in [2.45, 2.75) is 51.9 Å². The van der Waals surface area contributed by atoms with E-state index in [2.05, 4.69) is 26.7 Å². The molecule has 0 aliphatic carbocycles. The predicted octanol–water partition coefficient (Wildman–Crippen LogP) is 2.59. The highest BCUT2D eigenvalue weighted by atomic mass is 32.1. The van der Waals surface area contributed by atoms with Gasteiger partial charge in [0.25, 0.3) is 5.91 Å². The minimum absolute atomic E-state index is 0.00733. The standard InChI is InChI=1S/C15H21N5O2S/c1-3-4-7-12-16-14(22-18-12)11-6-5-8-20(9-11)15(21)13-10(2)17-19-23-13/h11H,3-9H2,1-2H3/t11-/m1/s1. The number of hydrogen-bond acceptors (Lipinski definition) is 7. The number of aryl methyl sites for hydroxylation is 2. The van der Waals surface area contributed by atoms with Crippen molar-refractivity contribution >= 4 is 17.4 Å². The lowest BCUT2D eigenvalue weighted by Crippen LogP contribution is -2.39. The van der Waals surface area contributed by atoms with Gasteiger partial charge in [0.1, 0.15) is 4.88 Å². The largest absolute Gasteiger partial charge is 0.339 e. The van der Waals surface area contributed by atoms with Gasteiger partial charge in [-0.25, -0.2) is 0 Å². The van der Waals surface area contributed by atoms with Crippen LogP contribution in [0.4, 0.5) is 0 Å². The van der Waals surface area contributed by atoms with Crippen molar-refractivity contribution in [3.63, 3.8) is 0 Å². The number of carbonyl (C=O) groups is 1. The van der Waals surface area contributed by atoms with Crippen molar-refractivity contribution in [1.82, 2.24) is 24.6 Å². The maximum absolute atomic E-state index is 12.6. The molecule has 2 aromatic heterocycles. The summed E-state index contributed by atoms with van der Waals surface area (Å²) in [5.74, 6) is 1.56. The summed E-state index contributed by atoms with van der Waals surface area (Å²) in [5.41, 5.74) is 0.696. The second-order valence-electron chi connectivity index (χ2n) is 5.93. The first kappa shape index (κ1) is 16.0. The average molecular weight is 335 g/mol. The lowest BCUT2D eigenvalue weighted by Gasteiger charge is -2.30. The fraction of sp³-hybridized carbons (Fsp3) is 0.667. The molecule has 124 valence electrons. The molecule has 1 saturated heterocycles. The highest BCUT2D eigenvalue weighted by molar-refractivity contribution is 7.07. The van der Waals surface area contributed by atoms with Gasteiger partial charge < -0.3 is 9.42 Å². The van der Waals surface area contributed by atoms with Gasteiger partial charge in [0, 0.05) is 19.5 Å². The van der Waals surface area contributed by atoms with E-state index in [0.29, 0.717) is 23.0 Å². The second kappa shape index (κ2) is 7.16. The molecule has 1 atom stereocenters. The van der Waals surface area contributed by atoms with E-state index in [4.69, 9.17) is 4.52 Å². The van der Waals surface area contributed by atoms with Crippen molar-refractivity contribution in [3.05, 3.63) is 22.3 Å². The third-order valence-electron chi connectivity index (χ3n) is 4.14. The molecular weight excluding hydrogens is 314 g/mol. The second-order valence-corrected chi connectivity index (χ2v) is 6.68. The molecule has 1 aliphatic heterocycles. The van der Waals surface area contributed by atoms with Crippen LogP contribution in [0.25, 0.3) is 0 Å². The van der Waals surface area contributed by atoms with E-state index in [1.54, 1.807) is 0 Å². The van der Waals surface area contributed by atoms with Crippen LogP contribution in [0.3, 0.4) is 0 Å². The SMILES string of the molecule is CCCCc1noc([C@@H]2CCCN(C(=O)c3snnc3C)C2)n1. The van der Waals surface area contributed by atoms with Crippen LogP contribution >= 0.6 is 11.5 Å². The summed E-state index contributed by atoms with van der Waals surface area (Å²) in [6, 6.07) is 0. The van der Waals surface area contributed by atoms with Gasteiger partial charge in [-0.05, 0) is 37.7 Å². The smallest absolute Gasteiger partial charge is 0.267 e. The quantitative estimate of drug-likeness (QED) is 0.835. The van der Waals surface area contributed by atoms with Crippen molar-refractivity contribution in [3.8, 4) is 0 Å². The molecule has 0 radical (unpaired) electrons. The molecule has 1 fully saturated rings. The Morgan fingerprint density at radius 1 is 1.48 bits per heavy atom. The molecule has 7 nitrogen and oxygen atoms in total. The molecule has 0 N–H and O–H groups in total. The number of aromatic nitrogens is 4. The number of nitrogens with zero attached hydrogens (tertiary/aromatic N) is 5. The number of piperidine rings is 1. The zero-order chi connectivity index (χ0) is 16.2. The van der Waals surface area contributed by atoms with Gasteiger partial charge in [0.15, 0.2) is 5.82 Å². The summed E-state index contributed by atoms with van der Waals surface area (Å²) >= 11 is 1.16. The zero-order valence-electron chi connectivity index (χ0n) is 13.5. The van der Waals surface area contributed by atoms with Crippen molar-refractivity contribution in [2.75, 3.05) is 13.1 Å². The first-order chi connectivity index (χ1) is 11.2. The van der Waals surface area contributed by atoms with Crippen LogP contribution in [0.5, 0.6) is 0 Å². The highest BCUT2D eigenvalue weighted by Gasteiger charge is 2.30. The van der Waals surface area contributed by atoms with Crippen LogP contribution in [0, 0.1) is 6.92 Å². The van der Waals surface area contributed by atoms with E-state index >= 15 is 0 Å². The van der Waals surface area contributed by atoms with E-state index in [-0.39, 0.29) is 11.8 Å². The van der Waals surface area contributed by atoms with Gasteiger partial charge in [-0.3, -0.25) is 4.79 Å². The Balaban J connectivity index is 1.67. The number of amides is 1. The summed E-state index contributed by atoms with van der Waals surface area (Å²) in [4.78, 5) is 19.6. The number of hydrogen-bond donors (Lipinski definition) is 0. The van der Waals surface area contributed by atoms with Gasteiger partial charge in [-0.2, -0.15) is 4.98 Å². The Kier molecular flexibility index (Phi) is 5.00. The average Bonchev–Trinajstić information content (AvgIpc) is 3.21. The molecule has 23 heavy (non-hydrogen) atoms. The molecular formula is C15H21N5O2S. The molecule has 0 aromatic carbocycles. The summed E-state index contributed by atoms with van der Waals surface area (Å²) in [5, 5.41) is 7.98. The van der Waals surface area contributed by atoms with Gasteiger partial charge in [-0.1, -0.05) is 23.0 Å². The van der Waals surface area contributed by atoms with E-state index < -0.39 is 0 Å². The molecule has 1 amide bonds. The van der Waals surface area contributed by atoms with Crippen molar-refractivity contribution in [1.29, 1.82) is 0 Å². The van der Waals surface area contributed by atoms with Crippen LogP contribution < -0.4 is 0 Å². The first-order valence-electron chi connectivity index (χ1n) is 8.09. The molecule has 3 heterocycles. The van der Waals surface area contributed by atoms with Gasteiger partial charge in [0.05, 0.1) is 11.6 Å². The Hall–Kier alpha value is -1.83. The zero-order valence-corrected chi connectivity index (χ0v) is 14.3. The molecule has 0 spiro atoms. The first-order valence-corrected chi connectivity index (χ1v) is 8.87. The monoisotopic (exact) mass is 335 g/mol. The van der Waals surface area contributed by atoms with Gasteiger partial charge >= 0.3 is 0 Å². The minimum Gasteiger partial charge on any atom is -0.339 e. The van der Waals surface area contributed by atoms with Gasteiger partial charge in [-0.15, -0.1) is 5.10 Å². The molecule has 0 unspecified atom stereocenters. The number of rotatable bonds is 5. The normalized spacial score (nSPS) is 18.3. The number of unbranched alkanes of at least 4 members (excludes halogenated alkanes) is 1. The Bertz CT molecular complexity index is 668. The van der Waals surface area contributed by atoms with Gasteiger partial charge in [0.2, 0.25) is 5.89 Å². The highest BCUT2D eigenvalue weighted by Crippen LogP contribution is 2.27. The summed E-state index contributed by atoms with van der Waals surface area (Å²) in [7, 11) is 0. The number of carbonyl (C=O) groups excluding carboxylic acids is 1. The topological polar surface area (TPSA) is 85.0 Å². The van der Waals surface area contributed by atoms with E-state index in [9.17, 15) is 4.79 Å². The molecule has 1 aliphatic rings. The summed E-state index contributed by atoms with van der Waals surface area (Å²) < 4.78 is 9.27. The number of likely N-dealkylation sites (tertiary alicyclic amines) is 1. The lowest BCUT2D eigenvalue weighted by molar-refractivity contribution is 0.0699. The summed E-state index contributed by atoms with van der Waals surface area (Å²) in [6.07, 6.45) is 4.93. The molecule has 3 rings (SSSR count). The van der Waals surface area contributed by atoms with Crippen LogP contribution in [0.15, 0.2) is 4.52 Å². The fourth-order valence-corrected chi connectivity index (χ4v) is 3.43. The maximum Gasteiger partial charge on any atom is 0.267 e. The molecule has 0 bridgehead atoms. The van der Waals surface area contributed by atoms with E-state index in [0.717, 1.165) is 56.0 Å². The third kappa shape index (κ3) is 3.57. The lowest BCUT2D eigenvalue weighted by atomic mass is 9.97. The Morgan fingerprint density at radius 3 is 3.09 bits per heavy atom. The van der Waals surface area contributed by atoms with E-state index in [1.165, 1.54) is 0 Å². The molecule has 2 aromatic rings.